The molecule has 4 rings (SSSR count). The molecule has 35 heavy (non-hydrogen) atoms. The Morgan fingerprint density at radius 1 is 1.17 bits per heavy atom. The van der Waals surface area contributed by atoms with Crippen LogP contribution in [0.25, 0.3) is 11.4 Å². The van der Waals surface area contributed by atoms with Crippen LogP contribution in [0.4, 0.5) is 20.4 Å². The molecule has 1 amide bonds. The Kier molecular flexibility index (Phi) is 7.09. The summed E-state index contributed by atoms with van der Waals surface area (Å²) in [5.41, 5.74) is 1.44. The standard InChI is InChI=1S/C23H25F2N9O/c1-4-5-8-34-12-18(24)20(32-34)22(35)26-9-15-6-7-17(19(25)14(15)2)21-27-13-28-23(31-21)30-16-10-29-33(3)11-16/h6-7,10-13H,4-5,8-9H2,1-3H3,(H,26,35)(H,27,28,30,31). The van der Waals surface area contributed by atoms with Crippen LogP contribution in [-0.4, -0.2) is 40.4 Å². The molecule has 4 aromatic rings. The zero-order chi connectivity index (χ0) is 24.9. The van der Waals surface area contributed by atoms with Crippen LogP contribution in [0.3, 0.4) is 0 Å². The highest BCUT2D eigenvalue weighted by atomic mass is 19.1. The van der Waals surface area contributed by atoms with Gasteiger partial charge in [0.05, 0.1) is 23.6 Å². The van der Waals surface area contributed by atoms with Crippen molar-refractivity contribution in [3.8, 4) is 11.4 Å². The summed E-state index contributed by atoms with van der Waals surface area (Å²) in [4.78, 5) is 24.9. The number of rotatable bonds is 9. The first-order valence-corrected chi connectivity index (χ1v) is 11.1. The van der Waals surface area contributed by atoms with Crippen molar-refractivity contribution in [2.45, 2.75) is 39.8 Å². The minimum absolute atomic E-state index is 0.00808. The van der Waals surface area contributed by atoms with Crippen molar-refractivity contribution in [3.05, 3.63) is 65.5 Å². The van der Waals surface area contributed by atoms with Crippen molar-refractivity contribution < 1.29 is 13.6 Å². The van der Waals surface area contributed by atoms with Crippen LogP contribution < -0.4 is 10.6 Å². The van der Waals surface area contributed by atoms with Crippen molar-refractivity contribution in [2.24, 2.45) is 7.05 Å². The molecule has 0 saturated heterocycles. The van der Waals surface area contributed by atoms with Crippen LogP contribution in [0.5, 0.6) is 0 Å². The summed E-state index contributed by atoms with van der Waals surface area (Å²) in [5, 5.41) is 13.7. The number of carbonyl (C=O) groups is 1. The first kappa shape index (κ1) is 23.9. The van der Waals surface area contributed by atoms with Crippen molar-refractivity contribution in [1.29, 1.82) is 0 Å². The van der Waals surface area contributed by atoms with E-state index in [1.54, 1.807) is 37.1 Å². The molecule has 0 aliphatic heterocycles. The number of hydrogen-bond acceptors (Lipinski definition) is 7. The number of nitrogens with one attached hydrogen (secondary N) is 2. The summed E-state index contributed by atoms with van der Waals surface area (Å²) in [7, 11) is 1.78. The average Bonchev–Trinajstić information content (AvgIpc) is 3.43. The number of nitrogens with zero attached hydrogens (tertiary/aromatic N) is 7. The third kappa shape index (κ3) is 5.48. The lowest BCUT2D eigenvalue weighted by atomic mass is 10.0. The topological polar surface area (TPSA) is 115 Å². The molecule has 0 radical (unpaired) electrons. The zero-order valence-electron chi connectivity index (χ0n) is 19.6. The minimum Gasteiger partial charge on any atom is -0.346 e. The van der Waals surface area contributed by atoms with Gasteiger partial charge in [0.25, 0.3) is 5.91 Å². The fourth-order valence-electron chi connectivity index (χ4n) is 3.44. The highest BCUT2D eigenvalue weighted by Gasteiger charge is 2.19. The number of hydrogen-bond donors (Lipinski definition) is 2. The van der Waals surface area contributed by atoms with E-state index in [9.17, 15) is 9.18 Å². The monoisotopic (exact) mass is 481 g/mol. The highest BCUT2D eigenvalue weighted by Crippen LogP contribution is 2.25. The maximum atomic E-state index is 15.2. The van der Waals surface area contributed by atoms with Gasteiger partial charge in [0.15, 0.2) is 17.3 Å². The maximum Gasteiger partial charge on any atom is 0.275 e. The number of halogens is 2. The Labute approximate surface area is 200 Å². The molecule has 182 valence electrons. The Hall–Kier alpha value is -4.22. The van der Waals surface area contributed by atoms with E-state index in [0.29, 0.717) is 23.4 Å². The third-order valence-corrected chi connectivity index (χ3v) is 5.38. The lowest BCUT2D eigenvalue weighted by Crippen LogP contribution is -2.25. The fourth-order valence-corrected chi connectivity index (χ4v) is 3.44. The van der Waals surface area contributed by atoms with E-state index in [2.05, 4.69) is 35.8 Å². The van der Waals surface area contributed by atoms with Gasteiger partial charge in [0.1, 0.15) is 12.1 Å². The molecule has 0 atom stereocenters. The molecular weight excluding hydrogens is 456 g/mol. The van der Waals surface area contributed by atoms with Gasteiger partial charge in [-0.15, -0.1) is 0 Å². The van der Waals surface area contributed by atoms with Crippen LogP contribution in [0.1, 0.15) is 41.4 Å². The molecule has 0 fully saturated rings. The summed E-state index contributed by atoms with van der Waals surface area (Å²) in [6, 6.07) is 3.20. The number of anilines is 2. The second kappa shape index (κ2) is 10.4. The van der Waals surface area contributed by atoms with Gasteiger partial charge >= 0.3 is 0 Å². The summed E-state index contributed by atoms with van der Waals surface area (Å²) >= 11 is 0. The van der Waals surface area contributed by atoms with Crippen LogP contribution in [-0.2, 0) is 20.1 Å². The Balaban J connectivity index is 1.47. The molecule has 0 unspecified atom stereocenters. The van der Waals surface area contributed by atoms with Crippen LogP contribution in [0.15, 0.2) is 37.1 Å². The summed E-state index contributed by atoms with van der Waals surface area (Å²) in [6.07, 6.45) is 7.61. The normalized spacial score (nSPS) is 11.0. The van der Waals surface area contributed by atoms with Gasteiger partial charge < -0.3 is 10.6 Å². The lowest BCUT2D eigenvalue weighted by Gasteiger charge is -2.11. The van der Waals surface area contributed by atoms with Gasteiger partial charge in [-0.3, -0.25) is 14.2 Å². The number of unbranched alkanes of at least 4 members (excludes halogenated alkanes) is 1. The quantitative estimate of drug-likeness (QED) is 0.376. The number of aryl methyl sites for hydroxylation is 2. The van der Waals surface area contributed by atoms with Gasteiger partial charge in [-0.2, -0.15) is 15.2 Å². The molecule has 0 aliphatic rings. The molecule has 1 aromatic carbocycles. The van der Waals surface area contributed by atoms with Crippen molar-refractivity contribution in [1.82, 2.24) is 39.8 Å². The molecule has 0 spiro atoms. The van der Waals surface area contributed by atoms with E-state index < -0.39 is 17.5 Å². The largest absolute Gasteiger partial charge is 0.346 e. The molecule has 10 nitrogen and oxygen atoms in total. The molecule has 3 heterocycles. The summed E-state index contributed by atoms with van der Waals surface area (Å²) in [6.45, 7) is 4.15. The average molecular weight is 482 g/mol. The highest BCUT2D eigenvalue weighted by molar-refractivity contribution is 5.92. The number of amides is 1. The Morgan fingerprint density at radius 3 is 2.74 bits per heavy atom. The van der Waals surface area contributed by atoms with Crippen molar-refractivity contribution >= 4 is 17.5 Å². The molecule has 2 N–H and O–H groups in total. The van der Waals surface area contributed by atoms with Crippen molar-refractivity contribution in [2.75, 3.05) is 5.32 Å². The maximum absolute atomic E-state index is 15.2. The van der Waals surface area contributed by atoms with Crippen LogP contribution in [0.2, 0.25) is 0 Å². The second-order valence-corrected chi connectivity index (χ2v) is 8.00. The molecule has 0 aliphatic carbocycles. The van der Waals surface area contributed by atoms with Crippen molar-refractivity contribution in [3.63, 3.8) is 0 Å². The van der Waals surface area contributed by atoms with Crippen LogP contribution >= 0.6 is 0 Å². The van der Waals surface area contributed by atoms with E-state index in [0.717, 1.165) is 12.8 Å². The predicted octanol–water partition coefficient (Wildman–Crippen LogP) is 3.53. The van der Waals surface area contributed by atoms with E-state index in [-0.39, 0.29) is 29.6 Å². The third-order valence-electron chi connectivity index (χ3n) is 5.38. The smallest absolute Gasteiger partial charge is 0.275 e. The molecular formula is C23H25F2N9O. The van der Waals surface area contributed by atoms with Crippen LogP contribution in [0, 0.1) is 18.6 Å². The molecule has 12 heteroatoms. The minimum atomic E-state index is -0.692. The summed E-state index contributed by atoms with van der Waals surface area (Å²) in [5.74, 6) is -1.48. The zero-order valence-corrected chi connectivity index (χ0v) is 19.6. The van der Waals surface area contributed by atoms with E-state index >= 15 is 4.39 Å². The summed E-state index contributed by atoms with van der Waals surface area (Å²) < 4.78 is 32.4. The Morgan fingerprint density at radius 2 is 2.00 bits per heavy atom. The van der Waals surface area contributed by atoms with Gasteiger partial charge in [0.2, 0.25) is 5.95 Å². The number of carbonyl (C=O) groups excluding carboxylic acids is 1. The lowest BCUT2D eigenvalue weighted by molar-refractivity contribution is 0.0941. The fraction of sp³-hybridized carbons (Fsp3) is 0.304. The number of aromatic nitrogens is 7. The predicted molar refractivity (Wildman–Crippen MR) is 125 cm³/mol. The SMILES string of the molecule is CCCCn1cc(F)c(C(=O)NCc2ccc(-c3ncnc(Nc4cnn(C)c4)n3)c(F)c2C)n1. The molecule has 0 bridgehead atoms. The van der Waals surface area contributed by atoms with Gasteiger partial charge in [0, 0.05) is 26.3 Å². The van der Waals surface area contributed by atoms with E-state index in [4.69, 9.17) is 0 Å². The molecule has 3 aromatic heterocycles. The first-order valence-electron chi connectivity index (χ1n) is 11.1. The van der Waals surface area contributed by atoms with E-state index in [1.807, 2.05) is 6.92 Å². The Bertz CT molecular complexity index is 1350. The molecule has 0 saturated carbocycles. The first-order chi connectivity index (χ1) is 16.9. The van der Waals surface area contributed by atoms with Gasteiger partial charge in [-0.05, 0) is 30.5 Å². The second-order valence-electron chi connectivity index (χ2n) is 8.00. The van der Waals surface area contributed by atoms with Gasteiger partial charge in [-0.1, -0.05) is 19.4 Å². The number of benzene rings is 1. The van der Waals surface area contributed by atoms with E-state index in [1.165, 1.54) is 23.3 Å². The van der Waals surface area contributed by atoms with Gasteiger partial charge in [-0.25, -0.2) is 18.7 Å².